The predicted octanol–water partition coefficient (Wildman–Crippen LogP) is 17.3. The molecule has 0 heterocycles. The molecular formula is C57H111NO5. The Morgan fingerprint density at radius 1 is 0.444 bits per heavy atom. The zero-order chi connectivity index (χ0) is 45.9. The van der Waals surface area contributed by atoms with Crippen LogP contribution in [0.15, 0.2) is 12.2 Å². The number of hydrogen-bond acceptors (Lipinski definition) is 5. The first-order chi connectivity index (χ1) is 31.0. The molecule has 0 bridgehead atoms. The van der Waals surface area contributed by atoms with Crippen molar-refractivity contribution in [3.8, 4) is 0 Å². The molecule has 0 aromatic carbocycles. The van der Waals surface area contributed by atoms with E-state index in [0.717, 1.165) is 57.8 Å². The first-order valence-electron chi connectivity index (χ1n) is 28.4. The van der Waals surface area contributed by atoms with E-state index in [2.05, 4.69) is 38.2 Å². The van der Waals surface area contributed by atoms with Crippen molar-refractivity contribution in [1.29, 1.82) is 0 Å². The minimum atomic E-state index is -0.786. The van der Waals surface area contributed by atoms with E-state index < -0.39 is 18.2 Å². The molecule has 63 heavy (non-hydrogen) atoms. The van der Waals surface area contributed by atoms with Crippen LogP contribution in [0.1, 0.15) is 316 Å². The lowest BCUT2D eigenvalue weighted by atomic mass is 10.0. The number of nitrogens with one attached hydrogen (secondary N) is 1. The van der Waals surface area contributed by atoms with Crippen LogP contribution in [0.4, 0.5) is 0 Å². The average molecular weight is 891 g/mol. The van der Waals surface area contributed by atoms with E-state index in [1.54, 1.807) is 0 Å². The van der Waals surface area contributed by atoms with E-state index in [1.165, 1.54) is 212 Å². The molecule has 374 valence electrons. The van der Waals surface area contributed by atoms with E-state index in [9.17, 15) is 19.8 Å². The summed E-state index contributed by atoms with van der Waals surface area (Å²) in [5, 5.41) is 23.8. The summed E-state index contributed by atoms with van der Waals surface area (Å²) in [6, 6.07) is -0.700. The zero-order valence-corrected chi connectivity index (χ0v) is 42.7. The van der Waals surface area contributed by atoms with Gasteiger partial charge in [0.15, 0.2) is 0 Å². The molecule has 6 nitrogen and oxygen atoms in total. The minimum absolute atomic E-state index is 0.0746. The molecule has 6 heteroatoms. The van der Waals surface area contributed by atoms with Gasteiger partial charge in [0.2, 0.25) is 5.91 Å². The fraction of sp³-hybridized carbons (Fsp3) is 0.930. The van der Waals surface area contributed by atoms with Crippen molar-refractivity contribution in [2.24, 2.45) is 0 Å². The molecule has 0 aliphatic carbocycles. The van der Waals surface area contributed by atoms with E-state index in [1.807, 2.05) is 0 Å². The van der Waals surface area contributed by atoms with Crippen LogP contribution in [-0.4, -0.2) is 46.9 Å². The zero-order valence-electron chi connectivity index (χ0n) is 42.7. The third kappa shape index (κ3) is 46.9. The Bertz CT molecular complexity index is 955. The van der Waals surface area contributed by atoms with Gasteiger partial charge in [0, 0.05) is 6.42 Å². The van der Waals surface area contributed by atoms with E-state index >= 15 is 0 Å². The SMILES string of the molecule is CCCCCCCCCCC/C=C/CCCCCC(CC(=O)NC(CO)C(O)CCCCCCCCCCCCCC)OC(=O)CCCCCCCCCCCCCCCCCC. The summed E-state index contributed by atoms with van der Waals surface area (Å²) < 4.78 is 5.96. The topological polar surface area (TPSA) is 95.9 Å². The van der Waals surface area contributed by atoms with Crippen molar-refractivity contribution < 1.29 is 24.5 Å². The van der Waals surface area contributed by atoms with Crippen molar-refractivity contribution >= 4 is 11.9 Å². The number of carbonyl (C=O) groups is 2. The highest BCUT2D eigenvalue weighted by Crippen LogP contribution is 2.19. The molecular weight excluding hydrogens is 779 g/mol. The molecule has 0 aliphatic heterocycles. The van der Waals surface area contributed by atoms with Crippen LogP contribution in [0.25, 0.3) is 0 Å². The third-order valence-electron chi connectivity index (χ3n) is 13.3. The first-order valence-corrected chi connectivity index (χ1v) is 28.4. The summed E-state index contributed by atoms with van der Waals surface area (Å²) in [5.41, 5.74) is 0. The highest BCUT2D eigenvalue weighted by Gasteiger charge is 2.24. The molecule has 0 saturated carbocycles. The largest absolute Gasteiger partial charge is 0.462 e. The molecule has 3 atom stereocenters. The van der Waals surface area contributed by atoms with Crippen molar-refractivity contribution in [2.75, 3.05) is 6.61 Å². The second kappa shape index (κ2) is 51.6. The second-order valence-corrected chi connectivity index (χ2v) is 19.7. The summed E-state index contributed by atoms with van der Waals surface area (Å²) in [7, 11) is 0. The highest BCUT2D eigenvalue weighted by atomic mass is 16.5. The molecule has 0 rings (SSSR count). The quantitative estimate of drug-likeness (QED) is 0.0321. The van der Waals surface area contributed by atoms with Crippen LogP contribution >= 0.6 is 0 Å². The monoisotopic (exact) mass is 890 g/mol. The number of unbranched alkanes of at least 4 members (excludes halogenated alkanes) is 38. The van der Waals surface area contributed by atoms with Gasteiger partial charge >= 0.3 is 5.97 Å². The Hall–Kier alpha value is -1.40. The molecule has 0 aromatic heterocycles. The molecule has 0 spiro atoms. The molecule has 3 N–H and O–H groups in total. The number of aliphatic hydroxyl groups is 2. The third-order valence-corrected chi connectivity index (χ3v) is 13.3. The Morgan fingerprint density at radius 3 is 1.14 bits per heavy atom. The van der Waals surface area contributed by atoms with Crippen molar-refractivity contribution in [3.05, 3.63) is 12.2 Å². The van der Waals surface area contributed by atoms with E-state index in [-0.39, 0.29) is 24.9 Å². The van der Waals surface area contributed by atoms with Gasteiger partial charge in [-0.05, 0) is 51.4 Å². The smallest absolute Gasteiger partial charge is 0.306 e. The standard InChI is InChI=1S/C57H111NO5/c1-4-7-10-13-16-19-22-25-27-29-31-33-36-39-42-45-48-53(63-57(62)50-47-44-41-38-35-32-30-28-26-23-20-17-14-11-8-5-2)51-56(61)58-54(52-59)55(60)49-46-43-40-37-34-24-21-18-15-12-9-6-3/h31,33,53-55,59-60H,4-30,32,34-52H2,1-3H3,(H,58,61)/b33-31+. The van der Waals surface area contributed by atoms with Crippen molar-refractivity contribution in [2.45, 2.75) is 334 Å². The normalized spacial score (nSPS) is 13.2. The van der Waals surface area contributed by atoms with Gasteiger partial charge in [0.25, 0.3) is 0 Å². The number of aliphatic hydroxyl groups excluding tert-OH is 2. The van der Waals surface area contributed by atoms with E-state index in [0.29, 0.717) is 19.3 Å². The van der Waals surface area contributed by atoms with Crippen LogP contribution in [0.5, 0.6) is 0 Å². The maximum Gasteiger partial charge on any atom is 0.306 e. The maximum absolute atomic E-state index is 13.2. The number of esters is 1. The summed E-state index contributed by atoms with van der Waals surface area (Å²) >= 11 is 0. The average Bonchev–Trinajstić information content (AvgIpc) is 3.28. The van der Waals surface area contributed by atoms with Gasteiger partial charge in [-0.3, -0.25) is 9.59 Å². The maximum atomic E-state index is 13.2. The highest BCUT2D eigenvalue weighted by molar-refractivity contribution is 5.77. The number of hydrogen-bond donors (Lipinski definition) is 3. The molecule has 0 fully saturated rings. The number of carbonyl (C=O) groups excluding carboxylic acids is 2. The number of amides is 1. The summed E-state index contributed by atoms with van der Waals surface area (Å²) in [5.74, 6) is -0.467. The number of allylic oxidation sites excluding steroid dienone is 2. The lowest BCUT2D eigenvalue weighted by Gasteiger charge is -2.24. The lowest BCUT2D eigenvalue weighted by molar-refractivity contribution is -0.151. The minimum Gasteiger partial charge on any atom is -0.462 e. The van der Waals surface area contributed by atoms with Crippen LogP contribution < -0.4 is 5.32 Å². The fourth-order valence-electron chi connectivity index (χ4n) is 9.02. The molecule has 0 saturated heterocycles. The predicted molar refractivity (Wildman–Crippen MR) is 273 cm³/mol. The van der Waals surface area contributed by atoms with Gasteiger partial charge in [-0.25, -0.2) is 0 Å². The van der Waals surface area contributed by atoms with Gasteiger partial charge in [-0.1, -0.05) is 264 Å². The van der Waals surface area contributed by atoms with Gasteiger partial charge in [0.05, 0.1) is 25.2 Å². The molecule has 0 radical (unpaired) electrons. The molecule has 0 aliphatic rings. The van der Waals surface area contributed by atoms with Gasteiger partial charge in [0.1, 0.15) is 6.10 Å². The fourth-order valence-corrected chi connectivity index (χ4v) is 9.02. The van der Waals surface area contributed by atoms with Gasteiger partial charge in [-0.2, -0.15) is 0 Å². The van der Waals surface area contributed by atoms with Crippen LogP contribution in [0.3, 0.4) is 0 Å². The second-order valence-electron chi connectivity index (χ2n) is 19.7. The summed E-state index contributed by atoms with van der Waals surface area (Å²) in [6.07, 6.45) is 58.5. The van der Waals surface area contributed by atoms with Crippen LogP contribution in [0, 0.1) is 0 Å². The Morgan fingerprint density at radius 2 is 0.762 bits per heavy atom. The lowest BCUT2D eigenvalue weighted by Crippen LogP contribution is -2.46. The molecule has 0 aromatic rings. The Labute approximate surface area is 393 Å². The summed E-state index contributed by atoms with van der Waals surface area (Å²) in [6.45, 7) is 6.52. The van der Waals surface area contributed by atoms with Gasteiger partial charge < -0.3 is 20.3 Å². The number of ether oxygens (including phenoxy) is 1. The number of rotatable bonds is 52. The Kier molecular flexibility index (Phi) is 50.4. The van der Waals surface area contributed by atoms with Crippen molar-refractivity contribution in [3.63, 3.8) is 0 Å². The van der Waals surface area contributed by atoms with Crippen molar-refractivity contribution in [1.82, 2.24) is 5.32 Å². The van der Waals surface area contributed by atoms with E-state index in [4.69, 9.17) is 4.74 Å². The Balaban J connectivity index is 4.54. The summed E-state index contributed by atoms with van der Waals surface area (Å²) in [4.78, 5) is 26.2. The first kappa shape index (κ1) is 61.6. The molecule has 3 unspecified atom stereocenters. The van der Waals surface area contributed by atoms with Crippen LogP contribution in [0.2, 0.25) is 0 Å². The molecule has 1 amide bonds. The van der Waals surface area contributed by atoms with Gasteiger partial charge in [-0.15, -0.1) is 0 Å². The van der Waals surface area contributed by atoms with Crippen LogP contribution in [-0.2, 0) is 14.3 Å².